The number of rotatable bonds is 5. The van der Waals surface area contributed by atoms with Crippen molar-refractivity contribution in [3.8, 4) is 0 Å². The standard InChI is InChI=1S/C19H33NO4/c1-18(2,3)13-9-11(7-8-12(13)16(21)22)10-20(6)15-14(17(23)24)19(15,4)5/h11-15H,7-10H2,1-6H3,(H,21,22)(H,23,24). The maximum Gasteiger partial charge on any atom is 0.308 e. The number of aliphatic carboxylic acids is 2. The zero-order valence-corrected chi connectivity index (χ0v) is 15.9. The fourth-order valence-electron chi connectivity index (χ4n) is 5.08. The molecule has 0 aromatic carbocycles. The van der Waals surface area contributed by atoms with Crippen LogP contribution in [0.25, 0.3) is 0 Å². The van der Waals surface area contributed by atoms with Crippen LogP contribution in [0.3, 0.4) is 0 Å². The number of carboxylic acid groups (broad SMARTS) is 2. The van der Waals surface area contributed by atoms with Gasteiger partial charge in [0, 0.05) is 12.6 Å². The Morgan fingerprint density at radius 3 is 2.12 bits per heavy atom. The van der Waals surface area contributed by atoms with Crippen molar-refractivity contribution in [2.24, 2.45) is 34.5 Å². The number of hydrogen-bond donors (Lipinski definition) is 2. The van der Waals surface area contributed by atoms with Gasteiger partial charge in [0.2, 0.25) is 0 Å². The number of hydrogen-bond acceptors (Lipinski definition) is 3. The number of carboxylic acids is 2. The summed E-state index contributed by atoms with van der Waals surface area (Å²) in [7, 11) is 2.02. The molecule has 2 N–H and O–H groups in total. The van der Waals surface area contributed by atoms with Gasteiger partial charge in [-0.3, -0.25) is 9.59 Å². The van der Waals surface area contributed by atoms with Gasteiger partial charge in [-0.1, -0.05) is 34.6 Å². The summed E-state index contributed by atoms with van der Waals surface area (Å²) in [5.41, 5.74) is -0.203. The fraction of sp³-hybridized carbons (Fsp3) is 0.895. The van der Waals surface area contributed by atoms with Gasteiger partial charge in [-0.25, -0.2) is 0 Å². The van der Waals surface area contributed by atoms with Crippen LogP contribution in [0.4, 0.5) is 0 Å². The first kappa shape index (κ1) is 19.2. The van der Waals surface area contributed by atoms with Crippen LogP contribution < -0.4 is 0 Å². The monoisotopic (exact) mass is 339 g/mol. The van der Waals surface area contributed by atoms with Crippen molar-refractivity contribution in [2.75, 3.05) is 13.6 Å². The molecule has 2 saturated carbocycles. The molecular weight excluding hydrogens is 306 g/mol. The van der Waals surface area contributed by atoms with Gasteiger partial charge >= 0.3 is 11.9 Å². The van der Waals surface area contributed by atoms with E-state index in [1.807, 2.05) is 20.9 Å². The van der Waals surface area contributed by atoms with Crippen LogP contribution in [-0.4, -0.2) is 46.7 Å². The quantitative estimate of drug-likeness (QED) is 0.804. The summed E-state index contributed by atoms with van der Waals surface area (Å²) in [5.74, 6) is -1.31. The Kier molecular flexibility index (Phi) is 5.06. The average molecular weight is 339 g/mol. The second-order valence-electron chi connectivity index (χ2n) is 9.62. The Morgan fingerprint density at radius 1 is 1.12 bits per heavy atom. The minimum absolute atomic E-state index is 0.0251. The van der Waals surface area contributed by atoms with Gasteiger partial charge < -0.3 is 15.1 Å². The SMILES string of the molecule is CN(CC1CCC(C(=O)O)C(C(C)(C)C)C1)C1C(C(=O)O)C1(C)C. The lowest BCUT2D eigenvalue weighted by Crippen LogP contribution is -2.41. The molecule has 5 unspecified atom stereocenters. The van der Waals surface area contributed by atoms with Crippen molar-refractivity contribution < 1.29 is 19.8 Å². The smallest absolute Gasteiger partial charge is 0.308 e. The Bertz CT molecular complexity index is 508. The Labute approximate surface area is 145 Å². The molecule has 0 aromatic rings. The van der Waals surface area contributed by atoms with E-state index < -0.39 is 11.9 Å². The Hall–Kier alpha value is -1.10. The normalized spacial score (nSPS) is 35.7. The van der Waals surface area contributed by atoms with Crippen LogP contribution in [0.1, 0.15) is 53.9 Å². The Balaban J connectivity index is 2.02. The minimum Gasteiger partial charge on any atom is -0.481 e. The molecule has 2 fully saturated rings. The lowest BCUT2D eigenvalue weighted by atomic mass is 9.63. The van der Waals surface area contributed by atoms with E-state index in [0.29, 0.717) is 5.92 Å². The highest BCUT2D eigenvalue weighted by atomic mass is 16.4. The van der Waals surface area contributed by atoms with Crippen LogP contribution in [0.15, 0.2) is 0 Å². The third-order valence-corrected chi connectivity index (χ3v) is 6.45. The van der Waals surface area contributed by atoms with Crippen LogP contribution in [0, 0.1) is 34.5 Å². The van der Waals surface area contributed by atoms with E-state index in [-0.39, 0.29) is 34.6 Å². The molecule has 5 nitrogen and oxygen atoms in total. The van der Waals surface area contributed by atoms with Crippen molar-refractivity contribution in [3.05, 3.63) is 0 Å². The van der Waals surface area contributed by atoms with Crippen LogP contribution >= 0.6 is 0 Å². The first-order valence-electron chi connectivity index (χ1n) is 9.03. The van der Waals surface area contributed by atoms with Crippen LogP contribution in [-0.2, 0) is 9.59 Å². The van der Waals surface area contributed by atoms with E-state index >= 15 is 0 Å². The summed E-state index contributed by atoms with van der Waals surface area (Å²) in [6.07, 6.45) is 2.56. The van der Waals surface area contributed by atoms with E-state index in [9.17, 15) is 19.8 Å². The maximum absolute atomic E-state index is 11.6. The molecule has 0 aromatic heterocycles. The van der Waals surface area contributed by atoms with Crippen molar-refractivity contribution >= 4 is 11.9 Å². The first-order valence-corrected chi connectivity index (χ1v) is 9.03. The Morgan fingerprint density at radius 2 is 1.71 bits per heavy atom. The maximum atomic E-state index is 11.6. The molecule has 24 heavy (non-hydrogen) atoms. The van der Waals surface area contributed by atoms with Crippen LogP contribution in [0.2, 0.25) is 0 Å². The lowest BCUT2D eigenvalue weighted by Gasteiger charge is -2.42. The lowest BCUT2D eigenvalue weighted by molar-refractivity contribution is -0.148. The molecule has 0 saturated heterocycles. The molecular formula is C19H33NO4. The average Bonchev–Trinajstić information content (AvgIpc) is 3.00. The van der Waals surface area contributed by atoms with E-state index in [1.165, 1.54) is 0 Å². The molecule has 138 valence electrons. The summed E-state index contributed by atoms with van der Waals surface area (Å²) >= 11 is 0. The highest BCUT2D eigenvalue weighted by Crippen LogP contribution is 2.55. The second-order valence-corrected chi connectivity index (χ2v) is 9.62. The van der Waals surface area contributed by atoms with Gasteiger partial charge in [0.05, 0.1) is 11.8 Å². The van der Waals surface area contributed by atoms with Gasteiger partial charge in [0.15, 0.2) is 0 Å². The second kappa shape index (κ2) is 6.32. The molecule has 0 heterocycles. The molecule has 5 heteroatoms. The third-order valence-electron chi connectivity index (χ3n) is 6.45. The summed E-state index contributed by atoms with van der Waals surface area (Å²) in [5, 5.41) is 18.9. The number of nitrogens with zero attached hydrogens (tertiary/aromatic N) is 1. The summed E-state index contributed by atoms with van der Waals surface area (Å²) in [4.78, 5) is 25.2. The van der Waals surface area contributed by atoms with Gasteiger partial charge in [0.1, 0.15) is 0 Å². The molecule has 0 radical (unpaired) electrons. The van der Waals surface area contributed by atoms with Crippen LogP contribution in [0.5, 0.6) is 0 Å². The summed E-state index contributed by atoms with van der Waals surface area (Å²) in [6, 6.07) is 0.0836. The summed E-state index contributed by atoms with van der Waals surface area (Å²) in [6.45, 7) is 11.3. The molecule has 2 aliphatic rings. The van der Waals surface area contributed by atoms with Crippen molar-refractivity contribution in [3.63, 3.8) is 0 Å². The summed E-state index contributed by atoms with van der Waals surface area (Å²) < 4.78 is 0. The molecule has 0 amide bonds. The van der Waals surface area contributed by atoms with Gasteiger partial charge in [-0.2, -0.15) is 0 Å². The fourth-order valence-corrected chi connectivity index (χ4v) is 5.08. The first-order chi connectivity index (χ1) is 10.9. The molecule has 0 spiro atoms. The van der Waals surface area contributed by atoms with E-state index in [4.69, 9.17) is 0 Å². The van der Waals surface area contributed by atoms with Crippen molar-refractivity contribution in [2.45, 2.75) is 59.9 Å². The van der Waals surface area contributed by atoms with Gasteiger partial charge in [-0.05, 0) is 49.0 Å². The van der Waals surface area contributed by atoms with E-state index in [2.05, 4.69) is 25.7 Å². The number of carbonyl (C=O) groups is 2. The molecule has 0 aliphatic heterocycles. The molecule has 2 aliphatic carbocycles. The van der Waals surface area contributed by atoms with Crippen molar-refractivity contribution in [1.29, 1.82) is 0 Å². The zero-order chi connectivity index (χ0) is 18.4. The minimum atomic E-state index is -0.709. The predicted molar refractivity (Wildman–Crippen MR) is 92.7 cm³/mol. The van der Waals surface area contributed by atoms with E-state index in [0.717, 1.165) is 25.8 Å². The van der Waals surface area contributed by atoms with E-state index in [1.54, 1.807) is 0 Å². The topological polar surface area (TPSA) is 77.8 Å². The zero-order valence-electron chi connectivity index (χ0n) is 15.9. The highest BCUT2D eigenvalue weighted by Gasteiger charge is 2.64. The predicted octanol–water partition coefficient (Wildman–Crippen LogP) is 3.19. The molecule has 2 rings (SSSR count). The largest absolute Gasteiger partial charge is 0.481 e. The van der Waals surface area contributed by atoms with Gasteiger partial charge in [0.25, 0.3) is 0 Å². The van der Waals surface area contributed by atoms with Gasteiger partial charge in [-0.15, -0.1) is 0 Å². The molecule has 0 bridgehead atoms. The third kappa shape index (κ3) is 3.61. The van der Waals surface area contributed by atoms with Crippen molar-refractivity contribution in [1.82, 2.24) is 4.90 Å². The molecule has 5 atom stereocenters. The highest BCUT2D eigenvalue weighted by molar-refractivity contribution is 5.76.